The number of urea groups is 1. The van der Waals surface area contributed by atoms with Crippen LogP contribution in [0, 0.1) is 0 Å². The van der Waals surface area contributed by atoms with Gasteiger partial charge in [-0.25, -0.2) is 4.79 Å². The van der Waals surface area contributed by atoms with Crippen molar-refractivity contribution in [3.63, 3.8) is 0 Å². The van der Waals surface area contributed by atoms with Crippen molar-refractivity contribution in [3.8, 4) is 11.5 Å². The Bertz CT molecular complexity index is 877. The molecule has 0 aliphatic carbocycles. The van der Waals surface area contributed by atoms with Crippen LogP contribution in [0.1, 0.15) is 24.4 Å². The standard InChI is InChI=1S/C24H32N4O3/c1-31-23-10-3-2-9-21(23)22(27-11-4-5-12-27)18-25-24(30)28-15-13-26(14-16-28)19-7-6-8-20(29)17-19/h2-3,6-10,17,22,29H,4-5,11-16,18H2,1H3,(H,25,30). The summed E-state index contributed by atoms with van der Waals surface area (Å²) in [5.41, 5.74) is 2.12. The average molecular weight is 425 g/mol. The number of hydrogen-bond acceptors (Lipinski definition) is 5. The van der Waals surface area contributed by atoms with E-state index in [9.17, 15) is 9.90 Å². The van der Waals surface area contributed by atoms with E-state index in [1.165, 1.54) is 12.8 Å². The highest BCUT2D eigenvalue weighted by atomic mass is 16.5. The zero-order chi connectivity index (χ0) is 21.6. The van der Waals surface area contributed by atoms with Crippen LogP contribution in [0.5, 0.6) is 11.5 Å². The van der Waals surface area contributed by atoms with E-state index < -0.39 is 0 Å². The predicted octanol–water partition coefficient (Wildman–Crippen LogP) is 3.07. The minimum atomic E-state index is -0.0188. The number of phenols is 1. The molecule has 1 atom stereocenters. The van der Waals surface area contributed by atoms with Crippen LogP contribution in [-0.2, 0) is 0 Å². The molecule has 2 fully saturated rings. The number of para-hydroxylation sites is 1. The molecule has 2 aromatic carbocycles. The molecule has 7 nitrogen and oxygen atoms in total. The van der Waals surface area contributed by atoms with E-state index >= 15 is 0 Å². The Morgan fingerprint density at radius 1 is 1.03 bits per heavy atom. The van der Waals surface area contributed by atoms with E-state index in [0.29, 0.717) is 19.6 Å². The topological polar surface area (TPSA) is 68.3 Å². The van der Waals surface area contributed by atoms with Gasteiger partial charge in [0.15, 0.2) is 0 Å². The Morgan fingerprint density at radius 3 is 2.48 bits per heavy atom. The van der Waals surface area contributed by atoms with Gasteiger partial charge >= 0.3 is 6.03 Å². The van der Waals surface area contributed by atoms with Crippen LogP contribution in [0.15, 0.2) is 48.5 Å². The molecule has 0 aromatic heterocycles. The minimum absolute atomic E-state index is 0.0188. The number of piperazine rings is 1. The number of rotatable bonds is 6. The number of ether oxygens (including phenoxy) is 1. The van der Waals surface area contributed by atoms with Crippen LogP contribution in [0.3, 0.4) is 0 Å². The summed E-state index contributed by atoms with van der Waals surface area (Å²) in [5.74, 6) is 1.13. The number of aromatic hydroxyl groups is 1. The van der Waals surface area contributed by atoms with Crippen LogP contribution < -0.4 is 15.0 Å². The fourth-order valence-corrected chi connectivity index (χ4v) is 4.58. The largest absolute Gasteiger partial charge is 0.508 e. The summed E-state index contributed by atoms with van der Waals surface area (Å²) in [6.45, 7) is 5.46. The normalized spacial score (nSPS) is 18.1. The SMILES string of the molecule is COc1ccccc1C(CNC(=O)N1CCN(c2cccc(O)c2)CC1)N1CCCC1. The molecule has 2 amide bonds. The third kappa shape index (κ3) is 5.05. The lowest BCUT2D eigenvalue weighted by molar-refractivity contribution is 0.184. The van der Waals surface area contributed by atoms with Gasteiger partial charge in [-0.05, 0) is 44.1 Å². The highest BCUT2D eigenvalue weighted by molar-refractivity contribution is 5.74. The van der Waals surface area contributed by atoms with Gasteiger partial charge in [0.2, 0.25) is 0 Å². The molecule has 1 unspecified atom stereocenters. The number of phenolic OH excluding ortho intramolecular Hbond substituents is 1. The van der Waals surface area contributed by atoms with Crippen LogP contribution in [-0.4, -0.2) is 73.9 Å². The molecular weight excluding hydrogens is 392 g/mol. The number of nitrogens with zero attached hydrogens (tertiary/aromatic N) is 3. The Labute approximate surface area is 184 Å². The monoisotopic (exact) mass is 424 g/mol. The van der Waals surface area contributed by atoms with Gasteiger partial charge in [0.1, 0.15) is 11.5 Å². The lowest BCUT2D eigenvalue weighted by Crippen LogP contribution is -2.52. The van der Waals surface area contributed by atoms with Crippen molar-refractivity contribution in [2.45, 2.75) is 18.9 Å². The van der Waals surface area contributed by atoms with Crippen molar-refractivity contribution >= 4 is 11.7 Å². The van der Waals surface area contributed by atoms with E-state index in [-0.39, 0.29) is 17.8 Å². The Morgan fingerprint density at radius 2 is 1.77 bits per heavy atom. The molecule has 2 heterocycles. The summed E-state index contributed by atoms with van der Waals surface area (Å²) in [4.78, 5) is 19.4. The number of amides is 2. The van der Waals surface area contributed by atoms with E-state index in [0.717, 1.165) is 43.2 Å². The fourth-order valence-electron chi connectivity index (χ4n) is 4.58. The molecule has 2 saturated heterocycles. The van der Waals surface area contributed by atoms with Gasteiger partial charge < -0.3 is 25.0 Å². The van der Waals surface area contributed by atoms with Gasteiger partial charge in [-0.1, -0.05) is 24.3 Å². The first-order valence-electron chi connectivity index (χ1n) is 11.1. The third-order valence-corrected chi connectivity index (χ3v) is 6.29. The van der Waals surface area contributed by atoms with E-state index in [2.05, 4.69) is 21.2 Å². The van der Waals surface area contributed by atoms with Gasteiger partial charge in [0.25, 0.3) is 0 Å². The summed E-state index contributed by atoms with van der Waals surface area (Å²) >= 11 is 0. The number of methoxy groups -OCH3 is 1. The number of anilines is 1. The lowest BCUT2D eigenvalue weighted by Gasteiger charge is -2.36. The Hall–Kier alpha value is -2.93. The zero-order valence-electron chi connectivity index (χ0n) is 18.2. The average Bonchev–Trinajstić information content (AvgIpc) is 3.34. The molecule has 4 rings (SSSR count). The second-order valence-corrected chi connectivity index (χ2v) is 8.18. The smallest absolute Gasteiger partial charge is 0.317 e. The maximum atomic E-state index is 12.9. The molecule has 166 valence electrons. The highest BCUT2D eigenvalue weighted by Gasteiger charge is 2.28. The first kappa shape index (κ1) is 21.3. The number of likely N-dealkylation sites (tertiary alicyclic amines) is 1. The highest BCUT2D eigenvalue weighted by Crippen LogP contribution is 2.31. The molecule has 2 aliphatic rings. The van der Waals surface area contributed by atoms with Gasteiger partial charge in [0.05, 0.1) is 13.2 Å². The van der Waals surface area contributed by atoms with Crippen molar-refractivity contribution < 1.29 is 14.6 Å². The quantitative estimate of drug-likeness (QED) is 0.746. The van der Waals surface area contributed by atoms with Crippen LogP contribution in [0.25, 0.3) is 0 Å². The molecule has 0 bridgehead atoms. The van der Waals surface area contributed by atoms with E-state index in [1.807, 2.05) is 35.2 Å². The molecule has 2 aromatic rings. The molecule has 2 N–H and O–H groups in total. The molecule has 31 heavy (non-hydrogen) atoms. The van der Waals surface area contributed by atoms with Crippen LogP contribution in [0.4, 0.5) is 10.5 Å². The van der Waals surface area contributed by atoms with Crippen molar-refractivity contribution in [3.05, 3.63) is 54.1 Å². The molecule has 0 saturated carbocycles. The van der Waals surface area contributed by atoms with Gasteiger partial charge in [-0.3, -0.25) is 4.90 Å². The maximum Gasteiger partial charge on any atom is 0.317 e. The van der Waals surface area contributed by atoms with Gasteiger partial charge in [0, 0.05) is 50.0 Å². The summed E-state index contributed by atoms with van der Waals surface area (Å²) in [7, 11) is 1.70. The first-order chi connectivity index (χ1) is 15.2. The van der Waals surface area contributed by atoms with Crippen molar-refractivity contribution in [2.75, 3.05) is 57.8 Å². The molecule has 2 aliphatic heterocycles. The molecule has 0 spiro atoms. The summed E-state index contributed by atoms with van der Waals surface area (Å²) in [6.07, 6.45) is 2.38. The lowest BCUT2D eigenvalue weighted by atomic mass is 10.0. The predicted molar refractivity (Wildman–Crippen MR) is 122 cm³/mol. The number of carbonyl (C=O) groups excluding carboxylic acids is 1. The van der Waals surface area contributed by atoms with Crippen molar-refractivity contribution in [1.82, 2.24) is 15.1 Å². The summed E-state index contributed by atoms with van der Waals surface area (Å²) < 4.78 is 5.60. The molecule has 0 radical (unpaired) electrons. The maximum absolute atomic E-state index is 12.9. The number of hydrogen-bond donors (Lipinski definition) is 2. The Balaban J connectivity index is 1.36. The summed E-state index contributed by atoms with van der Waals surface area (Å²) in [5, 5.41) is 12.9. The zero-order valence-corrected chi connectivity index (χ0v) is 18.2. The summed E-state index contributed by atoms with van der Waals surface area (Å²) in [6, 6.07) is 15.5. The number of nitrogens with one attached hydrogen (secondary N) is 1. The fraction of sp³-hybridized carbons (Fsp3) is 0.458. The second-order valence-electron chi connectivity index (χ2n) is 8.18. The van der Waals surface area contributed by atoms with E-state index in [4.69, 9.17) is 4.74 Å². The molecular formula is C24H32N4O3. The number of carbonyl (C=O) groups is 1. The number of benzene rings is 2. The van der Waals surface area contributed by atoms with Gasteiger partial charge in [-0.15, -0.1) is 0 Å². The van der Waals surface area contributed by atoms with E-state index in [1.54, 1.807) is 19.2 Å². The van der Waals surface area contributed by atoms with Crippen molar-refractivity contribution in [2.24, 2.45) is 0 Å². The minimum Gasteiger partial charge on any atom is -0.508 e. The van der Waals surface area contributed by atoms with Crippen molar-refractivity contribution in [1.29, 1.82) is 0 Å². The molecule has 7 heteroatoms. The van der Waals surface area contributed by atoms with Crippen LogP contribution >= 0.6 is 0 Å². The van der Waals surface area contributed by atoms with Gasteiger partial charge in [-0.2, -0.15) is 0 Å². The Kier molecular flexibility index (Phi) is 6.82. The third-order valence-electron chi connectivity index (χ3n) is 6.29. The first-order valence-corrected chi connectivity index (χ1v) is 11.1. The van der Waals surface area contributed by atoms with Crippen LogP contribution in [0.2, 0.25) is 0 Å². The second kappa shape index (κ2) is 9.92.